The van der Waals surface area contributed by atoms with E-state index in [0.717, 1.165) is 6.07 Å². The van der Waals surface area contributed by atoms with E-state index >= 15 is 0 Å². The van der Waals surface area contributed by atoms with Gasteiger partial charge in [0.2, 0.25) is 0 Å². The molecule has 0 heterocycles. The number of ketones is 1. The van der Waals surface area contributed by atoms with Crippen LogP contribution in [0.2, 0.25) is 0 Å². The van der Waals surface area contributed by atoms with Gasteiger partial charge in [0.15, 0.2) is 0 Å². The fourth-order valence-corrected chi connectivity index (χ4v) is 1.70. The number of rotatable bonds is 4. The van der Waals surface area contributed by atoms with E-state index in [4.69, 9.17) is 0 Å². The van der Waals surface area contributed by atoms with Crippen molar-refractivity contribution in [1.82, 2.24) is 0 Å². The minimum absolute atomic E-state index is 0.0285. The second-order valence-electron chi connectivity index (χ2n) is 3.94. The first-order chi connectivity index (χ1) is 8.77. The van der Waals surface area contributed by atoms with Gasteiger partial charge in [-0.1, -0.05) is 12.1 Å². The van der Waals surface area contributed by atoms with Crippen LogP contribution in [0.15, 0.2) is 18.2 Å². The van der Waals surface area contributed by atoms with Crippen LogP contribution in [0.3, 0.4) is 0 Å². The van der Waals surface area contributed by atoms with Gasteiger partial charge >= 0.3 is 12.1 Å². The first kappa shape index (κ1) is 15.2. The van der Waals surface area contributed by atoms with Crippen LogP contribution >= 0.6 is 0 Å². The molecule has 1 aromatic carbocycles. The number of alkyl halides is 3. The Morgan fingerprint density at radius 3 is 2.37 bits per heavy atom. The molecule has 0 aromatic heterocycles. The molecule has 0 aliphatic rings. The average molecular weight is 274 g/mol. The van der Waals surface area contributed by atoms with Crippen molar-refractivity contribution in [3.63, 3.8) is 0 Å². The minimum atomic E-state index is -4.67. The monoisotopic (exact) mass is 274 g/mol. The summed E-state index contributed by atoms with van der Waals surface area (Å²) in [5.74, 6) is -1.39. The Morgan fingerprint density at radius 1 is 1.26 bits per heavy atom. The lowest BCUT2D eigenvalue weighted by Gasteiger charge is -2.15. The van der Waals surface area contributed by atoms with E-state index in [-0.39, 0.29) is 24.4 Å². The Labute approximate surface area is 108 Å². The quantitative estimate of drug-likeness (QED) is 0.793. The van der Waals surface area contributed by atoms with Crippen molar-refractivity contribution in [2.45, 2.75) is 26.4 Å². The highest BCUT2D eigenvalue weighted by Gasteiger charge is 2.36. The summed E-state index contributed by atoms with van der Waals surface area (Å²) >= 11 is 0. The molecule has 0 bridgehead atoms. The molecule has 0 saturated heterocycles. The highest BCUT2D eigenvalue weighted by molar-refractivity contribution is 5.94. The van der Waals surface area contributed by atoms with Crippen molar-refractivity contribution >= 4 is 11.8 Å². The Hall–Kier alpha value is -1.85. The third kappa shape index (κ3) is 3.81. The fraction of sp³-hybridized carbons (Fsp3) is 0.385. The number of carbonyl (C=O) groups is 2. The van der Waals surface area contributed by atoms with E-state index in [9.17, 15) is 22.8 Å². The number of hydrogen-bond donors (Lipinski definition) is 0. The summed E-state index contributed by atoms with van der Waals surface area (Å²) in [5.41, 5.74) is -1.63. The molecule has 0 saturated carbocycles. The molecule has 3 nitrogen and oxygen atoms in total. The van der Waals surface area contributed by atoms with Crippen molar-refractivity contribution in [1.29, 1.82) is 0 Å². The topological polar surface area (TPSA) is 43.4 Å². The summed E-state index contributed by atoms with van der Waals surface area (Å²) < 4.78 is 43.3. The third-order valence-electron chi connectivity index (χ3n) is 2.38. The Bertz CT molecular complexity index is 492. The zero-order chi connectivity index (χ0) is 14.6. The van der Waals surface area contributed by atoms with Crippen LogP contribution in [0, 0.1) is 0 Å². The van der Waals surface area contributed by atoms with Crippen molar-refractivity contribution in [3.05, 3.63) is 34.9 Å². The summed E-state index contributed by atoms with van der Waals surface area (Å²) in [7, 11) is 0. The summed E-state index contributed by atoms with van der Waals surface area (Å²) in [5, 5.41) is 0. The fourth-order valence-electron chi connectivity index (χ4n) is 1.70. The zero-order valence-electron chi connectivity index (χ0n) is 10.5. The van der Waals surface area contributed by atoms with Gasteiger partial charge < -0.3 is 4.74 Å². The molecule has 0 radical (unpaired) electrons. The molecule has 0 atom stereocenters. The molecule has 0 N–H and O–H groups in total. The first-order valence-corrected chi connectivity index (χ1v) is 5.63. The summed E-state index contributed by atoms with van der Waals surface area (Å²) in [4.78, 5) is 22.8. The van der Waals surface area contributed by atoms with Crippen molar-refractivity contribution in [2.75, 3.05) is 6.61 Å². The Balaban J connectivity index is 3.40. The number of benzene rings is 1. The van der Waals surface area contributed by atoms with Gasteiger partial charge in [0, 0.05) is 6.42 Å². The molecule has 0 spiro atoms. The minimum Gasteiger partial charge on any atom is -0.462 e. The zero-order valence-corrected chi connectivity index (χ0v) is 10.5. The predicted molar refractivity (Wildman–Crippen MR) is 61.8 cm³/mol. The van der Waals surface area contributed by atoms with Gasteiger partial charge in [0.1, 0.15) is 5.78 Å². The number of halogens is 3. The van der Waals surface area contributed by atoms with Crippen LogP contribution in [-0.4, -0.2) is 18.4 Å². The van der Waals surface area contributed by atoms with Gasteiger partial charge in [-0.25, -0.2) is 4.79 Å². The second-order valence-corrected chi connectivity index (χ2v) is 3.94. The lowest BCUT2D eigenvalue weighted by atomic mass is 9.97. The molecular formula is C13H13F3O3. The molecule has 0 fully saturated rings. The smallest absolute Gasteiger partial charge is 0.417 e. The lowest BCUT2D eigenvalue weighted by molar-refractivity contribution is -0.138. The summed E-state index contributed by atoms with van der Waals surface area (Å²) in [6.45, 7) is 2.71. The normalized spacial score (nSPS) is 11.2. The molecule has 1 rings (SSSR count). The number of hydrogen-bond acceptors (Lipinski definition) is 3. The lowest BCUT2D eigenvalue weighted by Crippen LogP contribution is -2.18. The van der Waals surface area contributed by atoms with Gasteiger partial charge in [-0.3, -0.25) is 4.79 Å². The van der Waals surface area contributed by atoms with E-state index in [2.05, 4.69) is 4.74 Å². The van der Waals surface area contributed by atoms with E-state index in [1.807, 2.05) is 0 Å². The third-order valence-corrected chi connectivity index (χ3v) is 2.38. The van der Waals surface area contributed by atoms with Crippen molar-refractivity contribution in [2.24, 2.45) is 0 Å². The molecule has 19 heavy (non-hydrogen) atoms. The maximum atomic E-state index is 12.9. The predicted octanol–water partition coefficient (Wildman–Crippen LogP) is 3.01. The first-order valence-electron chi connectivity index (χ1n) is 5.63. The van der Waals surface area contributed by atoms with Crippen LogP contribution in [0.1, 0.15) is 35.3 Å². The highest BCUT2D eigenvalue weighted by Crippen LogP contribution is 2.34. The number of ether oxygens (including phenoxy) is 1. The molecular weight excluding hydrogens is 261 g/mol. The van der Waals surface area contributed by atoms with Crippen LogP contribution < -0.4 is 0 Å². The Morgan fingerprint density at radius 2 is 1.89 bits per heavy atom. The van der Waals surface area contributed by atoms with Gasteiger partial charge in [-0.05, 0) is 25.5 Å². The SMILES string of the molecule is CCOC(=O)c1c(CC(C)=O)cccc1C(F)(F)F. The molecule has 0 aliphatic heterocycles. The van der Waals surface area contributed by atoms with E-state index in [0.29, 0.717) is 0 Å². The van der Waals surface area contributed by atoms with Gasteiger partial charge in [0.25, 0.3) is 0 Å². The number of Topliss-reactive ketones (excluding diaryl/α,β-unsaturated/α-hetero) is 1. The number of esters is 1. The molecule has 6 heteroatoms. The molecule has 0 aliphatic carbocycles. The highest BCUT2D eigenvalue weighted by atomic mass is 19.4. The Kier molecular flexibility index (Phi) is 4.69. The summed E-state index contributed by atoms with van der Waals surface area (Å²) in [6, 6.07) is 3.29. The second kappa shape index (κ2) is 5.86. The van der Waals surface area contributed by atoms with Crippen LogP contribution in [0.25, 0.3) is 0 Å². The maximum absolute atomic E-state index is 12.9. The average Bonchev–Trinajstić information content (AvgIpc) is 2.26. The van der Waals surface area contributed by atoms with Crippen LogP contribution in [0.5, 0.6) is 0 Å². The van der Waals surface area contributed by atoms with E-state index in [1.165, 1.54) is 26.0 Å². The van der Waals surface area contributed by atoms with Crippen LogP contribution in [-0.2, 0) is 22.1 Å². The molecule has 0 amide bonds. The molecule has 1 aromatic rings. The van der Waals surface area contributed by atoms with Gasteiger partial charge in [0.05, 0.1) is 17.7 Å². The summed E-state index contributed by atoms with van der Waals surface area (Å²) in [6.07, 6.45) is -4.91. The van der Waals surface area contributed by atoms with E-state index < -0.39 is 23.3 Å². The largest absolute Gasteiger partial charge is 0.462 e. The standard InChI is InChI=1S/C13H13F3O3/c1-3-19-12(18)11-9(7-8(2)17)5-4-6-10(11)13(14,15)16/h4-6H,3,7H2,1-2H3. The molecule has 104 valence electrons. The van der Waals surface area contributed by atoms with Gasteiger partial charge in [-0.2, -0.15) is 13.2 Å². The van der Waals surface area contributed by atoms with Gasteiger partial charge in [-0.15, -0.1) is 0 Å². The van der Waals surface area contributed by atoms with E-state index in [1.54, 1.807) is 0 Å². The number of carbonyl (C=O) groups excluding carboxylic acids is 2. The van der Waals surface area contributed by atoms with Crippen LogP contribution in [0.4, 0.5) is 13.2 Å². The van der Waals surface area contributed by atoms with Crippen molar-refractivity contribution in [3.8, 4) is 0 Å². The molecule has 0 unspecified atom stereocenters. The van der Waals surface area contributed by atoms with Crippen molar-refractivity contribution < 1.29 is 27.5 Å². The maximum Gasteiger partial charge on any atom is 0.417 e.